The van der Waals surface area contributed by atoms with Crippen LogP contribution in [-0.2, 0) is 0 Å². The second-order valence-corrected chi connectivity index (χ2v) is 4.58. The second-order valence-electron chi connectivity index (χ2n) is 4.20. The van der Waals surface area contributed by atoms with Crippen LogP contribution in [0.25, 0.3) is 16.5 Å². The first-order valence-electron chi connectivity index (χ1n) is 5.63. The molecule has 1 aromatic carbocycles. The fraction of sp³-hybridized carbons (Fsp3) is 0.231. The molecule has 3 rings (SSSR count). The summed E-state index contributed by atoms with van der Waals surface area (Å²) in [4.78, 5) is 0. The van der Waals surface area contributed by atoms with Gasteiger partial charge >= 0.3 is 0 Å². The highest BCUT2D eigenvalue weighted by Gasteiger charge is 2.20. The molecular formula is C13H10ClF2NO. The fourth-order valence-corrected chi connectivity index (χ4v) is 2.39. The van der Waals surface area contributed by atoms with Crippen molar-refractivity contribution in [3.05, 3.63) is 40.6 Å². The van der Waals surface area contributed by atoms with Crippen molar-refractivity contribution in [3.63, 3.8) is 0 Å². The molecule has 2 nitrogen and oxygen atoms in total. The molecule has 0 amide bonds. The van der Waals surface area contributed by atoms with Gasteiger partial charge in [-0.15, -0.1) is 0 Å². The van der Waals surface area contributed by atoms with Crippen LogP contribution in [0, 0.1) is 11.6 Å². The topological polar surface area (TPSA) is 25.2 Å². The van der Waals surface area contributed by atoms with E-state index in [0.717, 1.165) is 24.6 Å². The Labute approximate surface area is 107 Å². The molecule has 0 saturated heterocycles. The Kier molecular flexibility index (Phi) is 2.84. The lowest BCUT2D eigenvalue weighted by molar-refractivity contribution is 0.577. The van der Waals surface area contributed by atoms with Crippen LogP contribution in [-0.4, -0.2) is 13.1 Å². The van der Waals surface area contributed by atoms with Gasteiger partial charge in [-0.25, -0.2) is 8.78 Å². The zero-order chi connectivity index (χ0) is 12.7. The van der Waals surface area contributed by atoms with Crippen molar-refractivity contribution in [1.29, 1.82) is 0 Å². The van der Waals surface area contributed by atoms with Gasteiger partial charge in [0.15, 0.2) is 5.58 Å². The summed E-state index contributed by atoms with van der Waals surface area (Å²) < 4.78 is 32.4. The predicted octanol–water partition coefficient (Wildman–Crippen LogP) is 3.74. The highest BCUT2D eigenvalue weighted by molar-refractivity contribution is 6.35. The summed E-state index contributed by atoms with van der Waals surface area (Å²) in [6.45, 7) is 1.54. The van der Waals surface area contributed by atoms with Crippen molar-refractivity contribution < 1.29 is 13.2 Å². The molecule has 0 saturated carbocycles. The van der Waals surface area contributed by atoms with E-state index in [4.69, 9.17) is 16.0 Å². The van der Waals surface area contributed by atoms with Crippen LogP contribution in [0.1, 0.15) is 12.0 Å². The quantitative estimate of drug-likeness (QED) is 0.798. The van der Waals surface area contributed by atoms with Crippen LogP contribution in [0.3, 0.4) is 0 Å². The minimum atomic E-state index is -0.807. The number of benzene rings is 1. The maximum absolute atomic E-state index is 13.9. The molecule has 1 aliphatic heterocycles. The molecule has 0 fully saturated rings. The Morgan fingerprint density at radius 1 is 1.28 bits per heavy atom. The average Bonchev–Trinajstić information content (AvgIpc) is 2.82. The molecule has 2 heterocycles. The number of hydrogen-bond acceptors (Lipinski definition) is 2. The van der Waals surface area contributed by atoms with Gasteiger partial charge in [0, 0.05) is 18.2 Å². The Bertz CT molecular complexity index is 648. The first-order chi connectivity index (χ1) is 8.68. The van der Waals surface area contributed by atoms with Crippen molar-refractivity contribution in [3.8, 4) is 0 Å². The molecule has 5 heteroatoms. The zero-order valence-corrected chi connectivity index (χ0v) is 10.2. The Morgan fingerprint density at radius 2 is 2.11 bits per heavy atom. The number of furan rings is 1. The van der Waals surface area contributed by atoms with E-state index >= 15 is 0 Å². The van der Waals surface area contributed by atoms with Crippen LogP contribution in [0.15, 0.2) is 22.8 Å². The largest absolute Gasteiger partial charge is 0.462 e. The highest BCUT2D eigenvalue weighted by atomic mass is 35.5. The number of halogens is 3. The molecule has 0 unspecified atom stereocenters. The normalized spacial score (nSPS) is 16.1. The molecule has 2 aromatic rings. The molecule has 18 heavy (non-hydrogen) atoms. The summed E-state index contributed by atoms with van der Waals surface area (Å²) in [5, 5.41) is 3.26. The third kappa shape index (κ3) is 1.72. The third-order valence-electron chi connectivity index (χ3n) is 3.07. The second kappa shape index (κ2) is 4.37. The SMILES string of the molecule is Fc1cc(F)c2c(C3=CCCNC3)coc2c1Cl. The maximum Gasteiger partial charge on any atom is 0.159 e. The van der Waals surface area contributed by atoms with Crippen molar-refractivity contribution >= 4 is 28.1 Å². The molecule has 0 aliphatic carbocycles. The molecule has 0 bridgehead atoms. The molecule has 1 N–H and O–H groups in total. The lowest BCUT2D eigenvalue weighted by Gasteiger charge is -2.13. The first kappa shape index (κ1) is 11.7. The van der Waals surface area contributed by atoms with Gasteiger partial charge in [0.05, 0.1) is 11.6 Å². The molecule has 0 spiro atoms. The minimum absolute atomic E-state index is 0.0654. The van der Waals surface area contributed by atoms with E-state index in [-0.39, 0.29) is 16.0 Å². The van der Waals surface area contributed by atoms with E-state index in [0.29, 0.717) is 12.1 Å². The third-order valence-corrected chi connectivity index (χ3v) is 3.42. The lowest BCUT2D eigenvalue weighted by atomic mass is 10.0. The van der Waals surface area contributed by atoms with E-state index < -0.39 is 11.6 Å². The van der Waals surface area contributed by atoms with Crippen LogP contribution in [0.5, 0.6) is 0 Å². The number of hydrogen-bond donors (Lipinski definition) is 1. The van der Waals surface area contributed by atoms with Crippen LogP contribution < -0.4 is 5.32 Å². The van der Waals surface area contributed by atoms with Gasteiger partial charge < -0.3 is 9.73 Å². The Balaban J connectivity index is 2.26. The van der Waals surface area contributed by atoms with Gasteiger partial charge in [-0.1, -0.05) is 17.7 Å². The summed E-state index contributed by atoms with van der Waals surface area (Å²) in [6.07, 6.45) is 4.33. The Morgan fingerprint density at radius 3 is 2.83 bits per heavy atom. The maximum atomic E-state index is 13.9. The van der Waals surface area contributed by atoms with Gasteiger partial charge in [-0.3, -0.25) is 0 Å². The van der Waals surface area contributed by atoms with Gasteiger partial charge in [0.2, 0.25) is 0 Å². The molecule has 1 aromatic heterocycles. The molecule has 0 radical (unpaired) electrons. The van der Waals surface area contributed by atoms with E-state index in [1.54, 1.807) is 0 Å². The minimum Gasteiger partial charge on any atom is -0.462 e. The van der Waals surface area contributed by atoms with Crippen LogP contribution >= 0.6 is 11.6 Å². The molecule has 0 atom stereocenters. The van der Waals surface area contributed by atoms with Crippen molar-refractivity contribution in [2.45, 2.75) is 6.42 Å². The summed E-state index contributed by atoms with van der Waals surface area (Å²) in [5.74, 6) is -1.46. The van der Waals surface area contributed by atoms with E-state index in [2.05, 4.69) is 5.32 Å². The number of nitrogens with one attached hydrogen (secondary N) is 1. The monoisotopic (exact) mass is 269 g/mol. The summed E-state index contributed by atoms with van der Waals surface area (Å²) in [5.41, 5.74) is 1.65. The zero-order valence-electron chi connectivity index (χ0n) is 9.40. The van der Waals surface area contributed by atoms with E-state index in [1.165, 1.54) is 6.26 Å². The number of rotatable bonds is 1. The van der Waals surface area contributed by atoms with Gasteiger partial charge in [-0.05, 0) is 18.5 Å². The number of fused-ring (bicyclic) bond motifs is 1. The van der Waals surface area contributed by atoms with Crippen LogP contribution in [0.4, 0.5) is 8.78 Å². The summed E-state index contributed by atoms with van der Waals surface area (Å²) in [7, 11) is 0. The van der Waals surface area contributed by atoms with Crippen molar-refractivity contribution in [2.24, 2.45) is 0 Å². The van der Waals surface area contributed by atoms with Crippen molar-refractivity contribution in [1.82, 2.24) is 5.32 Å². The van der Waals surface area contributed by atoms with Crippen molar-refractivity contribution in [2.75, 3.05) is 13.1 Å². The first-order valence-corrected chi connectivity index (χ1v) is 6.01. The van der Waals surface area contributed by atoms with E-state index in [9.17, 15) is 8.78 Å². The summed E-state index contributed by atoms with van der Waals surface area (Å²) >= 11 is 5.78. The highest BCUT2D eigenvalue weighted by Crippen LogP contribution is 2.35. The van der Waals surface area contributed by atoms with Gasteiger partial charge in [0.1, 0.15) is 16.7 Å². The molecule has 1 aliphatic rings. The fourth-order valence-electron chi connectivity index (χ4n) is 2.20. The average molecular weight is 270 g/mol. The van der Waals surface area contributed by atoms with E-state index in [1.807, 2.05) is 6.08 Å². The lowest BCUT2D eigenvalue weighted by Crippen LogP contribution is -2.21. The summed E-state index contributed by atoms with van der Waals surface area (Å²) in [6, 6.07) is 0.792. The predicted molar refractivity (Wildman–Crippen MR) is 66.6 cm³/mol. The molecule has 94 valence electrons. The standard InChI is InChI=1S/C13H10ClF2NO/c14-12-10(16)4-9(15)11-8(6-18-13(11)12)7-2-1-3-17-5-7/h2,4,6,17H,1,3,5H2. The molecular weight excluding hydrogens is 260 g/mol. The van der Waals surface area contributed by atoms with Gasteiger partial charge in [0.25, 0.3) is 0 Å². The Hall–Kier alpha value is -1.39. The van der Waals surface area contributed by atoms with Crippen LogP contribution in [0.2, 0.25) is 5.02 Å². The smallest absolute Gasteiger partial charge is 0.159 e. The van der Waals surface area contributed by atoms with Gasteiger partial charge in [-0.2, -0.15) is 0 Å².